The molecular formula is C16H21NO3. The molecule has 1 aromatic rings. The monoisotopic (exact) mass is 275 g/mol. The molecule has 0 aliphatic heterocycles. The molecule has 2 rings (SSSR count). The number of carboxylic acids is 1. The van der Waals surface area contributed by atoms with E-state index in [0.717, 1.165) is 12.8 Å². The summed E-state index contributed by atoms with van der Waals surface area (Å²) in [7, 11) is 0. The van der Waals surface area contributed by atoms with Crippen LogP contribution in [0.3, 0.4) is 0 Å². The quantitative estimate of drug-likeness (QED) is 0.887. The van der Waals surface area contributed by atoms with Gasteiger partial charge in [-0.3, -0.25) is 4.79 Å². The molecule has 0 bridgehead atoms. The Balaban J connectivity index is 2.06. The number of hydrogen-bond acceptors (Lipinski definition) is 2. The molecule has 0 spiro atoms. The number of hydrogen-bond donors (Lipinski definition) is 2. The van der Waals surface area contributed by atoms with E-state index in [1.54, 1.807) is 18.2 Å². The SMILES string of the molecule is C[C@H](NC(=O)c1ccccc1C(=O)O)C1CCCCC1. The third-order valence-corrected chi connectivity index (χ3v) is 4.12. The molecule has 0 aromatic heterocycles. The number of nitrogens with one attached hydrogen (secondary N) is 1. The van der Waals surface area contributed by atoms with Crippen LogP contribution in [0.15, 0.2) is 24.3 Å². The Bertz CT molecular complexity index is 492. The van der Waals surface area contributed by atoms with Gasteiger partial charge < -0.3 is 10.4 Å². The summed E-state index contributed by atoms with van der Waals surface area (Å²) in [5.74, 6) is -0.855. The Morgan fingerprint density at radius 1 is 1.15 bits per heavy atom. The first-order valence-corrected chi connectivity index (χ1v) is 7.23. The number of carbonyl (C=O) groups excluding carboxylic acids is 1. The average Bonchev–Trinajstić information content (AvgIpc) is 2.48. The molecule has 0 radical (unpaired) electrons. The Labute approximate surface area is 119 Å². The summed E-state index contributed by atoms with van der Waals surface area (Å²) in [5.41, 5.74) is 0.295. The topological polar surface area (TPSA) is 66.4 Å². The Morgan fingerprint density at radius 2 is 1.75 bits per heavy atom. The summed E-state index contributed by atoms with van der Waals surface area (Å²) in [6.07, 6.45) is 6.00. The molecule has 4 nitrogen and oxygen atoms in total. The standard InChI is InChI=1S/C16H21NO3/c1-11(12-7-3-2-4-8-12)17-15(18)13-9-5-6-10-14(13)16(19)20/h5-6,9-12H,2-4,7-8H2,1H3,(H,17,18)(H,19,20)/t11-/m0/s1. The molecule has 1 aliphatic carbocycles. The van der Waals surface area contributed by atoms with Crippen molar-refractivity contribution in [2.75, 3.05) is 0 Å². The number of rotatable bonds is 4. The summed E-state index contributed by atoms with van der Waals surface area (Å²) in [6, 6.07) is 6.43. The molecule has 1 aromatic carbocycles. The minimum absolute atomic E-state index is 0.0563. The van der Waals surface area contributed by atoms with Crippen LogP contribution in [0, 0.1) is 5.92 Å². The zero-order valence-corrected chi connectivity index (χ0v) is 11.8. The van der Waals surface area contributed by atoms with Crippen molar-refractivity contribution >= 4 is 11.9 Å². The lowest BCUT2D eigenvalue weighted by Gasteiger charge is -2.28. The van der Waals surface area contributed by atoms with Crippen LogP contribution in [0.5, 0.6) is 0 Å². The fourth-order valence-electron chi connectivity index (χ4n) is 2.90. The van der Waals surface area contributed by atoms with Gasteiger partial charge in [0.2, 0.25) is 0 Å². The van der Waals surface area contributed by atoms with E-state index >= 15 is 0 Å². The van der Waals surface area contributed by atoms with Gasteiger partial charge in [0.05, 0.1) is 11.1 Å². The highest BCUT2D eigenvalue weighted by Crippen LogP contribution is 2.26. The molecule has 1 amide bonds. The molecule has 0 saturated heterocycles. The van der Waals surface area contributed by atoms with Gasteiger partial charge in [-0.15, -0.1) is 0 Å². The maximum atomic E-state index is 12.2. The number of amides is 1. The van der Waals surface area contributed by atoms with E-state index < -0.39 is 5.97 Å². The fraction of sp³-hybridized carbons (Fsp3) is 0.500. The molecule has 108 valence electrons. The molecule has 20 heavy (non-hydrogen) atoms. The van der Waals surface area contributed by atoms with Crippen LogP contribution in [0.25, 0.3) is 0 Å². The maximum Gasteiger partial charge on any atom is 0.336 e. The molecule has 4 heteroatoms. The van der Waals surface area contributed by atoms with Gasteiger partial charge in [-0.05, 0) is 37.8 Å². The Kier molecular flexibility index (Phi) is 4.77. The van der Waals surface area contributed by atoms with Crippen LogP contribution in [-0.2, 0) is 0 Å². The van der Waals surface area contributed by atoms with Crippen LogP contribution in [0.4, 0.5) is 0 Å². The molecule has 1 atom stereocenters. The predicted molar refractivity (Wildman–Crippen MR) is 76.9 cm³/mol. The number of benzene rings is 1. The fourth-order valence-corrected chi connectivity index (χ4v) is 2.90. The summed E-state index contributed by atoms with van der Waals surface area (Å²) in [6.45, 7) is 2.01. The van der Waals surface area contributed by atoms with Crippen molar-refractivity contribution in [3.63, 3.8) is 0 Å². The second-order valence-electron chi connectivity index (χ2n) is 5.51. The molecule has 0 unspecified atom stereocenters. The Hall–Kier alpha value is -1.84. The van der Waals surface area contributed by atoms with E-state index in [9.17, 15) is 9.59 Å². The minimum atomic E-state index is -1.07. The summed E-state index contributed by atoms with van der Waals surface area (Å²) in [4.78, 5) is 23.4. The smallest absolute Gasteiger partial charge is 0.336 e. The van der Waals surface area contributed by atoms with E-state index in [0.29, 0.717) is 5.92 Å². The molecule has 1 aliphatic rings. The van der Waals surface area contributed by atoms with Gasteiger partial charge in [0.15, 0.2) is 0 Å². The zero-order chi connectivity index (χ0) is 14.5. The number of carboxylic acid groups (broad SMARTS) is 1. The third kappa shape index (κ3) is 3.38. The molecule has 1 saturated carbocycles. The van der Waals surface area contributed by atoms with Gasteiger partial charge in [-0.25, -0.2) is 4.79 Å². The van der Waals surface area contributed by atoms with Crippen LogP contribution in [-0.4, -0.2) is 23.0 Å². The van der Waals surface area contributed by atoms with Crippen LogP contribution < -0.4 is 5.32 Å². The molecule has 2 N–H and O–H groups in total. The van der Waals surface area contributed by atoms with Crippen LogP contribution >= 0.6 is 0 Å². The van der Waals surface area contributed by atoms with Gasteiger partial charge in [-0.2, -0.15) is 0 Å². The van der Waals surface area contributed by atoms with E-state index in [2.05, 4.69) is 5.32 Å². The number of carbonyl (C=O) groups is 2. The van der Waals surface area contributed by atoms with E-state index in [1.165, 1.54) is 25.3 Å². The highest BCUT2D eigenvalue weighted by Gasteiger charge is 2.23. The lowest BCUT2D eigenvalue weighted by molar-refractivity contribution is 0.0690. The van der Waals surface area contributed by atoms with Gasteiger partial charge in [0.25, 0.3) is 5.91 Å². The van der Waals surface area contributed by atoms with E-state index in [-0.39, 0.29) is 23.1 Å². The lowest BCUT2D eigenvalue weighted by Crippen LogP contribution is -2.39. The molecular weight excluding hydrogens is 254 g/mol. The van der Waals surface area contributed by atoms with Gasteiger partial charge in [-0.1, -0.05) is 31.4 Å². The second kappa shape index (κ2) is 6.55. The third-order valence-electron chi connectivity index (χ3n) is 4.12. The highest BCUT2D eigenvalue weighted by atomic mass is 16.4. The van der Waals surface area contributed by atoms with Crippen molar-refractivity contribution in [1.29, 1.82) is 0 Å². The Morgan fingerprint density at radius 3 is 2.35 bits per heavy atom. The second-order valence-corrected chi connectivity index (χ2v) is 5.51. The van der Waals surface area contributed by atoms with E-state index in [4.69, 9.17) is 5.11 Å². The normalized spacial score (nSPS) is 17.4. The van der Waals surface area contributed by atoms with Crippen molar-refractivity contribution in [3.05, 3.63) is 35.4 Å². The zero-order valence-electron chi connectivity index (χ0n) is 11.8. The summed E-state index contributed by atoms with van der Waals surface area (Å²) in [5, 5.41) is 12.1. The maximum absolute atomic E-state index is 12.2. The van der Waals surface area contributed by atoms with E-state index in [1.807, 2.05) is 6.92 Å². The first-order chi connectivity index (χ1) is 9.59. The van der Waals surface area contributed by atoms with Crippen molar-refractivity contribution in [3.8, 4) is 0 Å². The van der Waals surface area contributed by atoms with Crippen molar-refractivity contribution in [2.24, 2.45) is 5.92 Å². The average molecular weight is 275 g/mol. The predicted octanol–water partition coefficient (Wildman–Crippen LogP) is 3.08. The lowest BCUT2D eigenvalue weighted by atomic mass is 9.84. The first kappa shape index (κ1) is 14.6. The van der Waals surface area contributed by atoms with Crippen LogP contribution in [0.2, 0.25) is 0 Å². The molecule has 1 fully saturated rings. The minimum Gasteiger partial charge on any atom is -0.478 e. The van der Waals surface area contributed by atoms with Gasteiger partial charge in [0.1, 0.15) is 0 Å². The van der Waals surface area contributed by atoms with Crippen LogP contribution in [0.1, 0.15) is 59.7 Å². The van der Waals surface area contributed by atoms with Crippen molar-refractivity contribution in [2.45, 2.75) is 45.1 Å². The van der Waals surface area contributed by atoms with Crippen molar-refractivity contribution in [1.82, 2.24) is 5.32 Å². The summed E-state index contributed by atoms with van der Waals surface area (Å²) < 4.78 is 0. The first-order valence-electron chi connectivity index (χ1n) is 7.23. The van der Waals surface area contributed by atoms with Crippen molar-refractivity contribution < 1.29 is 14.7 Å². The number of aromatic carboxylic acids is 1. The highest BCUT2D eigenvalue weighted by molar-refractivity contribution is 6.04. The largest absolute Gasteiger partial charge is 0.478 e. The van der Waals surface area contributed by atoms with Gasteiger partial charge >= 0.3 is 5.97 Å². The van der Waals surface area contributed by atoms with Gasteiger partial charge in [0, 0.05) is 6.04 Å². The summed E-state index contributed by atoms with van der Waals surface area (Å²) >= 11 is 0. The molecule has 0 heterocycles.